The Kier molecular flexibility index (Phi) is 6.73. The SMILES string of the molecule is COC(=O)[C@H](Cc1c(Cl)cccc1Cl)NC(=O)c1ccccc1C(F)(F)F. The van der Waals surface area contributed by atoms with E-state index in [0.717, 1.165) is 19.2 Å². The molecule has 0 aliphatic carbocycles. The lowest BCUT2D eigenvalue weighted by molar-refractivity contribution is -0.142. The van der Waals surface area contributed by atoms with E-state index in [1.807, 2.05) is 0 Å². The molecule has 0 fully saturated rings. The van der Waals surface area contributed by atoms with Gasteiger partial charge in [0, 0.05) is 16.5 Å². The van der Waals surface area contributed by atoms with E-state index in [1.165, 1.54) is 24.3 Å². The van der Waals surface area contributed by atoms with Gasteiger partial charge in [0.15, 0.2) is 0 Å². The van der Waals surface area contributed by atoms with Crippen LogP contribution in [0.5, 0.6) is 0 Å². The summed E-state index contributed by atoms with van der Waals surface area (Å²) in [5.74, 6) is -1.91. The first kappa shape index (κ1) is 21.1. The number of hydrogen-bond acceptors (Lipinski definition) is 3. The van der Waals surface area contributed by atoms with Crippen molar-refractivity contribution in [2.24, 2.45) is 0 Å². The molecule has 27 heavy (non-hydrogen) atoms. The van der Waals surface area contributed by atoms with E-state index in [4.69, 9.17) is 23.2 Å². The molecule has 0 aliphatic rings. The van der Waals surface area contributed by atoms with Gasteiger partial charge in [-0.15, -0.1) is 0 Å². The van der Waals surface area contributed by atoms with Crippen LogP contribution in [0.4, 0.5) is 13.2 Å². The van der Waals surface area contributed by atoms with Crippen LogP contribution in [-0.4, -0.2) is 25.0 Å². The predicted molar refractivity (Wildman–Crippen MR) is 94.9 cm³/mol. The van der Waals surface area contributed by atoms with Gasteiger partial charge in [-0.1, -0.05) is 41.4 Å². The van der Waals surface area contributed by atoms with Gasteiger partial charge >= 0.3 is 12.1 Å². The summed E-state index contributed by atoms with van der Waals surface area (Å²) in [4.78, 5) is 24.5. The van der Waals surface area contributed by atoms with Crippen LogP contribution in [0.3, 0.4) is 0 Å². The fourth-order valence-corrected chi connectivity index (χ4v) is 2.98. The molecular formula is C18H14Cl2F3NO3. The van der Waals surface area contributed by atoms with Crippen molar-refractivity contribution in [2.45, 2.75) is 18.6 Å². The Morgan fingerprint density at radius 2 is 1.67 bits per heavy atom. The third-order valence-electron chi connectivity index (χ3n) is 3.74. The van der Waals surface area contributed by atoms with Crippen LogP contribution in [0.1, 0.15) is 21.5 Å². The fraction of sp³-hybridized carbons (Fsp3) is 0.222. The molecule has 1 amide bonds. The zero-order chi connectivity index (χ0) is 20.2. The number of halogens is 5. The van der Waals surface area contributed by atoms with Crippen LogP contribution < -0.4 is 5.32 Å². The number of methoxy groups -OCH3 is 1. The summed E-state index contributed by atoms with van der Waals surface area (Å²) in [7, 11) is 1.10. The number of hydrogen-bond donors (Lipinski definition) is 1. The molecule has 0 spiro atoms. The van der Waals surface area contributed by atoms with Crippen LogP contribution in [0, 0.1) is 0 Å². The average Bonchev–Trinajstić information content (AvgIpc) is 2.62. The second-order valence-corrected chi connectivity index (χ2v) is 6.31. The van der Waals surface area contributed by atoms with Gasteiger partial charge in [0.1, 0.15) is 6.04 Å². The summed E-state index contributed by atoms with van der Waals surface area (Å²) in [6, 6.07) is 7.67. The topological polar surface area (TPSA) is 55.4 Å². The smallest absolute Gasteiger partial charge is 0.417 e. The lowest BCUT2D eigenvalue weighted by atomic mass is 10.0. The third-order valence-corrected chi connectivity index (χ3v) is 4.45. The molecule has 4 nitrogen and oxygen atoms in total. The number of carbonyl (C=O) groups is 2. The number of ether oxygens (including phenoxy) is 1. The maximum absolute atomic E-state index is 13.1. The van der Waals surface area contributed by atoms with Gasteiger partial charge in [-0.05, 0) is 29.8 Å². The molecule has 2 aromatic rings. The van der Waals surface area contributed by atoms with Crippen LogP contribution in [0.15, 0.2) is 42.5 Å². The highest BCUT2D eigenvalue weighted by molar-refractivity contribution is 6.36. The zero-order valence-corrected chi connectivity index (χ0v) is 15.5. The highest BCUT2D eigenvalue weighted by atomic mass is 35.5. The second kappa shape index (κ2) is 8.63. The minimum Gasteiger partial charge on any atom is -0.467 e. The van der Waals surface area contributed by atoms with Crippen LogP contribution in [-0.2, 0) is 22.1 Å². The Bertz CT molecular complexity index is 836. The van der Waals surface area contributed by atoms with Crippen molar-refractivity contribution in [3.63, 3.8) is 0 Å². The Hall–Kier alpha value is -2.25. The van der Waals surface area contributed by atoms with E-state index in [9.17, 15) is 22.8 Å². The highest BCUT2D eigenvalue weighted by Gasteiger charge is 2.35. The lowest BCUT2D eigenvalue weighted by Gasteiger charge is -2.19. The van der Waals surface area contributed by atoms with E-state index in [1.54, 1.807) is 6.07 Å². The molecule has 0 bridgehead atoms. The first-order chi connectivity index (χ1) is 12.6. The van der Waals surface area contributed by atoms with Crippen LogP contribution in [0.25, 0.3) is 0 Å². The largest absolute Gasteiger partial charge is 0.467 e. The molecular weight excluding hydrogens is 406 g/mol. The first-order valence-electron chi connectivity index (χ1n) is 7.63. The van der Waals surface area contributed by atoms with Gasteiger partial charge in [0.05, 0.1) is 18.2 Å². The van der Waals surface area contributed by atoms with Crippen molar-refractivity contribution in [1.29, 1.82) is 0 Å². The van der Waals surface area contributed by atoms with Gasteiger partial charge in [0.2, 0.25) is 0 Å². The number of esters is 1. The molecule has 0 aromatic heterocycles. The molecule has 0 unspecified atom stereocenters. The van der Waals surface area contributed by atoms with Gasteiger partial charge in [-0.25, -0.2) is 4.79 Å². The van der Waals surface area contributed by atoms with Gasteiger partial charge in [-0.3, -0.25) is 4.79 Å². The van der Waals surface area contributed by atoms with E-state index in [2.05, 4.69) is 10.1 Å². The third kappa shape index (κ3) is 5.14. The van der Waals surface area contributed by atoms with Crippen LogP contribution >= 0.6 is 23.2 Å². The number of alkyl halides is 3. The van der Waals surface area contributed by atoms with E-state index in [0.29, 0.717) is 5.56 Å². The molecule has 2 aromatic carbocycles. The lowest BCUT2D eigenvalue weighted by Crippen LogP contribution is -2.43. The predicted octanol–water partition coefficient (Wildman–Crippen LogP) is 4.53. The van der Waals surface area contributed by atoms with E-state index >= 15 is 0 Å². The number of nitrogens with one attached hydrogen (secondary N) is 1. The zero-order valence-electron chi connectivity index (χ0n) is 13.9. The Morgan fingerprint density at radius 3 is 2.22 bits per heavy atom. The molecule has 9 heteroatoms. The normalized spacial score (nSPS) is 12.4. The summed E-state index contributed by atoms with van der Waals surface area (Å²) in [6.07, 6.45) is -4.87. The molecule has 0 radical (unpaired) electrons. The Morgan fingerprint density at radius 1 is 1.07 bits per heavy atom. The van der Waals surface area contributed by atoms with Gasteiger partial charge in [-0.2, -0.15) is 13.2 Å². The van der Waals surface area contributed by atoms with Crippen molar-refractivity contribution in [2.75, 3.05) is 7.11 Å². The molecule has 0 saturated carbocycles. The maximum atomic E-state index is 13.1. The van der Waals surface area contributed by atoms with Crippen LogP contribution in [0.2, 0.25) is 10.0 Å². The van der Waals surface area contributed by atoms with Crippen molar-refractivity contribution in [1.82, 2.24) is 5.32 Å². The Balaban J connectivity index is 2.33. The summed E-state index contributed by atoms with van der Waals surface area (Å²) in [5, 5.41) is 2.77. The van der Waals surface area contributed by atoms with Crippen molar-refractivity contribution in [3.8, 4) is 0 Å². The maximum Gasteiger partial charge on any atom is 0.417 e. The average molecular weight is 420 g/mol. The highest BCUT2D eigenvalue weighted by Crippen LogP contribution is 2.32. The molecule has 0 heterocycles. The van der Waals surface area contributed by atoms with Crippen molar-refractivity contribution >= 4 is 35.1 Å². The quantitative estimate of drug-likeness (QED) is 0.724. The number of rotatable bonds is 5. The van der Waals surface area contributed by atoms with Gasteiger partial charge < -0.3 is 10.1 Å². The summed E-state index contributed by atoms with van der Waals surface area (Å²) in [6.45, 7) is 0. The van der Waals surface area contributed by atoms with E-state index in [-0.39, 0.29) is 16.5 Å². The fourth-order valence-electron chi connectivity index (χ4n) is 2.43. The second-order valence-electron chi connectivity index (χ2n) is 5.50. The number of amides is 1. The summed E-state index contributed by atoms with van der Waals surface area (Å²) >= 11 is 12.1. The minimum absolute atomic E-state index is 0.148. The standard InChI is InChI=1S/C18H14Cl2F3NO3/c1-27-17(26)15(9-11-13(19)7-4-8-14(11)20)24-16(25)10-5-2-3-6-12(10)18(21,22)23/h2-8,15H,9H2,1H3,(H,24,25)/t15-/m0/s1. The Labute approximate surface area is 163 Å². The molecule has 0 aliphatic heterocycles. The molecule has 1 N–H and O–H groups in total. The van der Waals surface area contributed by atoms with Crippen molar-refractivity contribution in [3.05, 3.63) is 69.2 Å². The summed E-state index contributed by atoms with van der Waals surface area (Å²) in [5.41, 5.74) is -1.35. The molecule has 144 valence electrons. The minimum atomic E-state index is -4.72. The van der Waals surface area contributed by atoms with E-state index < -0.39 is 35.2 Å². The molecule has 1 atom stereocenters. The summed E-state index contributed by atoms with van der Waals surface area (Å²) < 4.78 is 44.0. The molecule has 0 saturated heterocycles. The van der Waals surface area contributed by atoms with Crippen molar-refractivity contribution < 1.29 is 27.5 Å². The van der Waals surface area contributed by atoms with Gasteiger partial charge in [0.25, 0.3) is 5.91 Å². The number of carbonyl (C=O) groups excluding carboxylic acids is 2. The molecule has 2 rings (SSSR count). The monoisotopic (exact) mass is 419 g/mol. The number of benzene rings is 2. The first-order valence-corrected chi connectivity index (χ1v) is 8.38.